The van der Waals surface area contributed by atoms with Gasteiger partial charge in [0, 0.05) is 0 Å². The predicted molar refractivity (Wildman–Crippen MR) is 39.4 cm³/mol. The van der Waals surface area contributed by atoms with Crippen molar-refractivity contribution >= 4 is 0 Å². The van der Waals surface area contributed by atoms with Gasteiger partial charge in [-0.05, 0) is 0 Å². The van der Waals surface area contributed by atoms with Gasteiger partial charge in [0.05, 0.1) is 24.1 Å². The van der Waals surface area contributed by atoms with Crippen LogP contribution in [0, 0.1) is 10.1 Å². The van der Waals surface area contributed by atoms with E-state index in [1.54, 1.807) is 0 Å². The lowest BCUT2D eigenvalue weighted by Crippen LogP contribution is -2.51. The molecule has 3 N–H and O–H groups in total. The fraction of sp³-hybridized carbons (Fsp3) is 1.00. The van der Waals surface area contributed by atoms with Gasteiger partial charge in [0.1, 0.15) is 12.2 Å². The standard InChI is InChI=1S/C6H11NO6/c8-2-4-6(10)3(9)1-5(13-4)7(11)12/h3-6,8-10H,1-2H2/t3-,4-,5?,6-/m1/s1. The van der Waals surface area contributed by atoms with E-state index in [2.05, 4.69) is 0 Å². The minimum Gasteiger partial charge on any atom is -0.394 e. The molecule has 7 nitrogen and oxygen atoms in total. The Labute approximate surface area is 73.7 Å². The van der Waals surface area contributed by atoms with Gasteiger partial charge in [0.2, 0.25) is 0 Å². The van der Waals surface area contributed by atoms with Crippen LogP contribution >= 0.6 is 0 Å². The summed E-state index contributed by atoms with van der Waals surface area (Å²) < 4.78 is 4.72. The first-order chi connectivity index (χ1) is 6.06. The molecular weight excluding hydrogens is 182 g/mol. The number of aliphatic hydroxyl groups excluding tert-OH is 3. The minimum absolute atomic E-state index is 0.259. The maximum Gasteiger partial charge on any atom is 0.318 e. The Morgan fingerprint density at radius 3 is 2.62 bits per heavy atom. The molecule has 0 aromatic heterocycles. The molecule has 0 aromatic carbocycles. The van der Waals surface area contributed by atoms with Gasteiger partial charge in [-0.25, -0.2) is 0 Å². The maximum absolute atomic E-state index is 10.3. The van der Waals surface area contributed by atoms with Crippen LogP contribution < -0.4 is 0 Å². The molecule has 1 aliphatic rings. The molecule has 0 bridgehead atoms. The number of aliphatic hydroxyl groups is 3. The van der Waals surface area contributed by atoms with Crippen LogP contribution in [-0.4, -0.2) is 51.4 Å². The third-order valence-electron chi connectivity index (χ3n) is 1.97. The van der Waals surface area contributed by atoms with Crippen molar-refractivity contribution in [3.8, 4) is 0 Å². The van der Waals surface area contributed by atoms with Crippen LogP contribution in [0.4, 0.5) is 0 Å². The molecule has 1 heterocycles. The highest BCUT2D eigenvalue weighted by Crippen LogP contribution is 2.20. The predicted octanol–water partition coefficient (Wildman–Crippen LogP) is -1.91. The molecule has 0 spiro atoms. The first-order valence-corrected chi connectivity index (χ1v) is 3.82. The molecule has 0 aliphatic carbocycles. The Balaban J connectivity index is 2.63. The van der Waals surface area contributed by atoms with Crippen LogP contribution in [0.5, 0.6) is 0 Å². The number of hydrogen-bond donors (Lipinski definition) is 3. The molecule has 1 fully saturated rings. The van der Waals surface area contributed by atoms with Crippen molar-refractivity contribution in [3.63, 3.8) is 0 Å². The highest BCUT2D eigenvalue weighted by molar-refractivity contribution is 4.81. The van der Waals surface area contributed by atoms with Crippen molar-refractivity contribution in [2.45, 2.75) is 31.0 Å². The molecule has 1 unspecified atom stereocenters. The second-order valence-electron chi connectivity index (χ2n) is 2.89. The summed E-state index contributed by atoms with van der Waals surface area (Å²) in [5, 5.41) is 37.3. The Morgan fingerprint density at radius 2 is 2.15 bits per heavy atom. The summed E-state index contributed by atoms with van der Waals surface area (Å²) in [5.74, 6) is 0. The summed E-state index contributed by atoms with van der Waals surface area (Å²) in [6.45, 7) is -0.553. The summed E-state index contributed by atoms with van der Waals surface area (Å²) >= 11 is 0. The van der Waals surface area contributed by atoms with Crippen molar-refractivity contribution in [2.75, 3.05) is 6.61 Å². The van der Waals surface area contributed by atoms with Crippen LogP contribution in [-0.2, 0) is 4.74 Å². The molecule has 76 valence electrons. The van der Waals surface area contributed by atoms with Crippen LogP contribution in [0.25, 0.3) is 0 Å². The molecule has 4 atom stereocenters. The van der Waals surface area contributed by atoms with E-state index >= 15 is 0 Å². The van der Waals surface area contributed by atoms with E-state index in [0.717, 1.165) is 0 Å². The maximum atomic E-state index is 10.3. The largest absolute Gasteiger partial charge is 0.394 e. The average molecular weight is 193 g/mol. The number of rotatable bonds is 2. The third kappa shape index (κ3) is 2.13. The molecule has 1 rings (SSSR count). The van der Waals surface area contributed by atoms with E-state index in [1.165, 1.54) is 0 Å². The fourth-order valence-electron chi connectivity index (χ4n) is 1.22. The molecule has 0 aromatic rings. The number of nitro groups is 1. The molecular formula is C6H11NO6. The number of hydrogen-bond acceptors (Lipinski definition) is 6. The smallest absolute Gasteiger partial charge is 0.318 e. The fourth-order valence-corrected chi connectivity index (χ4v) is 1.22. The highest BCUT2D eigenvalue weighted by atomic mass is 16.7. The van der Waals surface area contributed by atoms with Gasteiger partial charge in [-0.1, -0.05) is 0 Å². The lowest BCUT2D eigenvalue weighted by Gasteiger charge is -2.31. The first kappa shape index (κ1) is 10.3. The van der Waals surface area contributed by atoms with E-state index < -0.39 is 36.1 Å². The summed E-state index contributed by atoms with van der Waals surface area (Å²) in [6.07, 6.45) is -5.18. The van der Waals surface area contributed by atoms with Crippen molar-refractivity contribution in [2.24, 2.45) is 0 Å². The van der Waals surface area contributed by atoms with Crippen molar-refractivity contribution in [1.29, 1.82) is 0 Å². The van der Waals surface area contributed by atoms with Gasteiger partial charge in [0.15, 0.2) is 0 Å². The van der Waals surface area contributed by atoms with Gasteiger partial charge in [-0.15, -0.1) is 0 Å². The van der Waals surface area contributed by atoms with Crippen LogP contribution in [0.2, 0.25) is 0 Å². The van der Waals surface area contributed by atoms with Gasteiger partial charge in [-0.3, -0.25) is 10.1 Å². The summed E-state index contributed by atoms with van der Waals surface area (Å²) in [6, 6.07) is 0. The van der Waals surface area contributed by atoms with Crippen LogP contribution in [0.1, 0.15) is 6.42 Å². The first-order valence-electron chi connectivity index (χ1n) is 3.82. The molecule has 0 radical (unpaired) electrons. The summed E-state index contributed by atoms with van der Waals surface area (Å²) in [7, 11) is 0. The summed E-state index contributed by atoms with van der Waals surface area (Å²) in [4.78, 5) is 9.58. The van der Waals surface area contributed by atoms with Gasteiger partial charge >= 0.3 is 6.23 Å². The molecule has 13 heavy (non-hydrogen) atoms. The average Bonchev–Trinajstić information content (AvgIpc) is 2.09. The van der Waals surface area contributed by atoms with E-state index in [-0.39, 0.29) is 6.42 Å². The molecule has 0 amide bonds. The van der Waals surface area contributed by atoms with Gasteiger partial charge in [-0.2, -0.15) is 0 Å². The number of ether oxygens (including phenoxy) is 1. The molecule has 7 heteroatoms. The topological polar surface area (TPSA) is 113 Å². The van der Waals surface area contributed by atoms with E-state index in [9.17, 15) is 15.2 Å². The molecule has 0 saturated carbocycles. The highest BCUT2D eigenvalue weighted by Gasteiger charge is 2.41. The van der Waals surface area contributed by atoms with Crippen molar-refractivity contribution in [3.05, 3.63) is 10.1 Å². The van der Waals surface area contributed by atoms with Crippen LogP contribution in [0.15, 0.2) is 0 Å². The lowest BCUT2D eigenvalue weighted by molar-refractivity contribution is -0.590. The molecule has 1 saturated heterocycles. The van der Waals surface area contributed by atoms with E-state index in [0.29, 0.717) is 0 Å². The Bertz CT molecular complexity index is 198. The zero-order valence-corrected chi connectivity index (χ0v) is 6.74. The zero-order chi connectivity index (χ0) is 10.0. The monoisotopic (exact) mass is 193 g/mol. The summed E-state index contributed by atoms with van der Waals surface area (Å²) in [5.41, 5.74) is 0. The number of nitrogens with zero attached hydrogens (tertiary/aromatic N) is 1. The third-order valence-corrected chi connectivity index (χ3v) is 1.97. The molecule has 1 aliphatic heterocycles. The SMILES string of the molecule is O=[N+]([O-])C1C[C@@H](O)[C@@H](O)[C@@H](CO)O1. The van der Waals surface area contributed by atoms with Crippen molar-refractivity contribution in [1.82, 2.24) is 0 Å². The zero-order valence-electron chi connectivity index (χ0n) is 6.74. The lowest BCUT2D eigenvalue weighted by atomic mass is 10.0. The Hall–Kier alpha value is -0.760. The Morgan fingerprint density at radius 1 is 1.54 bits per heavy atom. The second-order valence-corrected chi connectivity index (χ2v) is 2.89. The minimum atomic E-state index is -1.35. The van der Waals surface area contributed by atoms with Crippen molar-refractivity contribution < 1.29 is 25.0 Å². The van der Waals surface area contributed by atoms with E-state index in [1.807, 2.05) is 0 Å². The van der Waals surface area contributed by atoms with Gasteiger partial charge in [0.25, 0.3) is 0 Å². The normalized spacial score (nSPS) is 40.2. The quantitative estimate of drug-likeness (QED) is 0.348. The van der Waals surface area contributed by atoms with E-state index in [4.69, 9.17) is 14.9 Å². The van der Waals surface area contributed by atoms with Crippen LogP contribution in [0.3, 0.4) is 0 Å². The van der Waals surface area contributed by atoms with Gasteiger partial charge < -0.3 is 20.1 Å². The Kier molecular flexibility index (Phi) is 3.15. The second kappa shape index (κ2) is 3.97.